The van der Waals surface area contributed by atoms with Crippen LogP contribution >= 0.6 is 0 Å². The molecule has 8 nitrogen and oxygen atoms in total. The fourth-order valence-electron chi connectivity index (χ4n) is 3.38. The third kappa shape index (κ3) is 5.74. The number of aliphatic hydroxyl groups excluding tert-OH is 1. The molecular weight excluding hydrogens is 515 g/mol. The number of aryl methyl sites for hydroxylation is 1. The number of hydrogen-bond donors (Lipinski definition) is 1. The number of halogens is 2. The Labute approximate surface area is 197 Å². The smallest absolute Gasteiger partial charge is 0.346 e. The van der Waals surface area contributed by atoms with Crippen molar-refractivity contribution >= 4 is 5.82 Å². The van der Waals surface area contributed by atoms with Gasteiger partial charge in [0.25, 0.3) is 0 Å². The number of aliphatic hydroxyl groups is 1. The fraction of sp³-hybridized carbons (Fsp3) is 0.381. The van der Waals surface area contributed by atoms with E-state index in [-0.39, 0.29) is 26.2 Å². The van der Waals surface area contributed by atoms with E-state index in [2.05, 4.69) is 19.8 Å². The van der Waals surface area contributed by atoms with Crippen LogP contribution in [-0.4, -0.2) is 64.4 Å². The van der Waals surface area contributed by atoms with Gasteiger partial charge in [-0.05, 0) is 19.1 Å². The number of benzene rings is 1. The maximum atomic E-state index is 12.8. The number of anilines is 1. The summed E-state index contributed by atoms with van der Waals surface area (Å²) in [4.78, 5) is 10.7. The molecule has 0 spiro atoms. The predicted octanol–water partition coefficient (Wildman–Crippen LogP) is 2.74. The summed E-state index contributed by atoms with van der Waals surface area (Å²) < 4.78 is 37.1. The third-order valence-corrected chi connectivity index (χ3v) is 4.91. The van der Waals surface area contributed by atoms with Crippen molar-refractivity contribution in [3.8, 4) is 17.1 Å². The molecule has 3 heterocycles. The van der Waals surface area contributed by atoms with E-state index in [1.54, 1.807) is 16.9 Å². The quantitative estimate of drug-likeness (QED) is 0.464. The second kappa shape index (κ2) is 11.0. The van der Waals surface area contributed by atoms with Crippen LogP contribution in [0, 0.1) is 6.92 Å². The number of ether oxygens (including phenoxy) is 2. The van der Waals surface area contributed by atoms with Crippen LogP contribution in [0.3, 0.4) is 0 Å². The van der Waals surface area contributed by atoms with E-state index >= 15 is 0 Å². The molecule has 1 unspecified atom stereocenters. The van der Waals surface area contributed by atoms with Gasteiger partial charge < -0.3 is 19.5 Å². The predicted molar refractivity (Wildman–Crippen MR) is 109 cm³/mol. The molecule has 1 atom stereocenters. The molecule has 174 valence electrons. The zero-order valence-electron chi connectivity index (χ0n) is 17.3. The standard InChI is InChI=1S/C21H23F2N5O3.Pd/c1-14-3-2-4-15(11-14)16-5-6-28(26-16)19-12-18(27-7-9-30-10-8-27)24-20(25-19)17(13-29)31-21(22)23;/h2-6,11-12,17,21,29H,7-10,13H2,1H3;. The summed E-state index contributed by atoms with van der Waals surface area (Å²) in [7, 11) is 0. The SMILES string of the molecule is Cc1cccc(-c2ccn(-c3cc(N4CCOCC4)nc(C(CO)OC(F)F)n3)n2)c1.[Pd]. The molecule has 0 saturated carbocycles. The molecule has 2 aromatic heterocycles. The van der Waals surface area contributed by atoms with E-state index in [9.17, 15) is 13.9 Å². The number of hydrogen-bond acceptors (Lipinski definition) is 7. The van der Waals surface area contributed by atoms with Crippen molar-refractivity contribution in [3.05, 3.63) is 54.0 Å². The van der Waals surface area contributed by atoms with Crippen molar-refractivity contribution in [1.82, 2.24) is 19.7 Å². The minimum absolute atomic E-state index is 0. The normalized spacial score (nSPS) is 15.0. The first-order valence-electron chi connectivity index (χ1n) is 9.92. The number of morpholine rings is 1. The zero-order chi connectivity index (χ0) is 21.8. The summed E-state index contributed by atoms with van der Waals surface area (Å²) in [6.07, 6.45) is 0.390. The van der Waals surface area contributed by atoms with Crippen LogP contribution < -0.4 is 4.90 Å². The van der Waals surface area contributed by atoms with Gasteiger partial charge in [0.2, 0.25) is 0 Å². The van der Waals surface area contributed by atoms with E-state index in [4.69, 9.17) is 4.74 Å². The van der Waals surface area contributed by atoms with Crippen LogP contribution in [0.1, 0.15) is 17.5 Å². The summed E-state index contributed by atoms with van der Waals surface area (Å²) in [6, 6.07) is 11.5. The van der Waals surface area contributed by atoms with Gasteiger partial charge in [-0.15, -0.1) is 0 Å². The molecule has 1 fully saturated rings. The minimum Gasteiger partial charge on any atom is -0.393 e. The number of rotatable bonds is 7. The maximum Gasteiger partial charge on any atom is 0.346 e. The van der Waals surface area contributed by atoms with Gasteiger partial charge in [-0.1, -0.05) is 23.8 Å². The summed E-state index contributed by atoms with van der Waals surface area (Å²) in [5.41, 5.74) is 2.82. The van der Waals surface area contributed by atoms with Gasteiger partial charge in [-0.25, -0.2) is 14.6 Å². The molecule has 0 aliphatic carbocycles. The maximum absolute atomic E-state index is 12.8. The topological polar surface area (TPSA) is 85.5 Å². The Morgan fingerprint density at radius 3 is 2.56 bits per heavy atom. The van der Waals surface area contributed by atoms with Gasteiger partial charge in [0.1, 0.15) is 11.9 Å². The first-order chi connectivity index (χ1) is 15.0. The summed E-state index contributed by atoms with van der Waals surface area (Å²) in [5, 5.41) is 14.2. The summed E-state index contributed by atoms with van der Waals surface area (Å²) in [5.74, 6) is 0.892. The number of nitrogens with zero attached hydrogens (tertiary/aromatic N) is 5. The molecule has 1 aliphatic heterocycles. The molecule has 1 saturated heterocycles. The second-order valence-corrected chi connectivity index (χ2v) is 7.12. The zero-order valence-corrected chi connectivity index (χ0v) is 18.9. The molecule has 3 aromatic rings. The molecule has 0 amide bonds. The van der Waals surface area contributed by atoms with Crippen molar-refractivity contribution in [3.63, 3.8) is 0 Å². The van der Waals surface area contributed by atoms with Gasteiger partial charge in [-0.2, -0.15) is 13.9 Å². The molecular formula is C21H23F2N5O3Pd. The number of aromatic nitrogens is 4. The summed E-state index contributed by atoms with van der Waals surface area (Å²) >= 11 is 0. The molecule has 0 radical (unpaired) electrons. The Kier molecular flexibility index (Phi) is 8.40. The fourth-order valence-corrected chi connectivity index (χ4v) is 3.38. The van der Waals surface area contributed by atoms with Crippen LogP contribution in [0.15, 0.2) is 42.6 Å². The van der Waals surface area contributed by atoms with Crippen LogP contribution in [-0.2, 0) is 29.9 Å². The molecule has 1 aromatic carbocycles. The van der Waals surface area contributed by atoms with Crippen LogP contribution in [0.2, 0.25) is 0 Å². The molecule has 32 heavy (non-hydrogen) atoms. The minimum atomic E-state index is -3.06. The van der Waals surface area contributed by atoms with E-state index < -0.39 is 19.3 Å². The van der Waals surface area contributed by atoms with Gasteiger partial charge in [0, 0.05) is 51.3 Å². The Bertz CT molecular complexity index is 1030. The monoisotopic (exact) mass is 537 g/mol. The van der Waals surface area contributed by atoms with E-state index in [0.29, 0.717) is 37.9 Å². The van der Waals surface area contributed by atoms with E-state index in [0.717, 1.165) is 16.8 Å². The molecule has 4 rings (SSSR count). The van der Waals surface area contributed by atoms with Gasteiger partial charge >= 0.3 is 6.61 Å². The van der Waals surface area contributed by atoms with Crippen molar-refractivity contribution in [2.45, 2.75) is 19.6 Å². The van der Waals surface area contributed by atoms with E-state index in [1.807, 2.05) is 42.2 Å². The first-order valence-corrected chi connectivity index (χ1v) is 9.92. The molecule has 11 heteroatoms. The average molecular weight is 538 g/mol. The summed E-state index contributed by atoms with van der Waals surface area (Å²) in [6.45, 7) is 0.532. The van der Waals surface area contributed by atoms with Crippen molar-refractivity contribution in [1.29, 1.82) is 0 Å². The largest absolute Gasteiger partial charge is 0.393 e. The van der Waals surface area contributed by atoms with Crippen LogP contribution in [0.25, 0.3) is 17.1 Å². The van der Waals surface area contributed by atoms with Crippen LogP contribution in [0.4, 0.5) is 14.6 Å². The van der Waals surface area contributed by atoms with Crippen LogP contribution in [0.5, 0.6) is 0 Å². The van der Waals surface area contributed by atoms with Gasteiger partial charge in [-0.3, -0.25) is 0 Å². The molecule has 1 aliphatic rings. The van der Waals surface area contributed by atoms with Gasteiger partial charge in [0.05, 0.1) is 25.5 Å². The van der Waals surface area contributed by atoms with Crippen molar-refractivity contribution < 1.29 is 43.8 Å². The molecule has 1 N–H and O–H groups in total. The molecule has 0 bridgehead atoms. The van der Waals surface area contributed by atoms with Gasteiger partial charge in [0.15, 0.2) is 11.6 Å². The average Bonchev–Trinajstić information content (AvgIpc) is 3.28. The Balaban J connectivity index is 0.00000289. The third-order valence-electron chi connectivity index (χ3n) is 4.91. The van der Waals surface area contributed by atoms with Crippen molar-refractivity contribution in [2.24, 2.45) is 0 Å². The Morgan fingerprint density at radius 1 is 1.12 bits per heavy atom. The van der Waals surface area contributed by atoms with Crippen molar-refractivity contribution in [2.75, 3.05) is 37.8 Å². The van der Waals surface area contributed by atoms with E-state index in [1.165, 1.54) is 0 Å². The Morgan fingerprint density at radius 2 is 1.88 bits per heavy atom. The Hall–Kier alpha value is -2.29. The first kappa shape index (κ1) is 24.4. The second-order valence-electron chi connectivity index (χ2n) is 7.12. The number of alkyl halides is 2.